The Hall–Kier alpha value is -6.04. The number of halogens is 3. The molecule has 0 bridgehead atoms. The molecule has 13 nitrogen and oxygen atoms in total. The summed E-state index contributed by atoms with van der Waals surface area (Å²) < 4.78 is 94.6. The number of tetrazole rings is 1. The minimum absolute atomic E-state index is 0.00388. The van der Waals surface area contributed by atoms with E-state index in [9.17, 15) is 0 Å². The summed E-state index contributed by atoms with van der Waals surface area (Å²) in [5.41, 5.74) is 13.7. The topological polar surface area (TPSA) is 174 Å². The molecular weight excluding hydrogens is 762 g/mol. The summed E-state index contributed by atoms with van der Waals surface area (Å²) in [6.45, 7) is -0.441. The van der Waals surface area contributed by atoms with Crippen LogP contribution >= 0.6 is 0 Å². The number of benzene rings is 4. The number of alkyl halides is 3. The number of nitrogens with zero attached hydrogens (tertiary/aromatic N) is 6. The number of aryl methyl sites for hydroxylation is 2. The number of ether oxygens (including phenoxy) is 3. The van der Waals surface area contributed by atoms with Crippen molar-refractivity contribution in [3.63, 3.8) is 0 Å². The largest absolute Gasteiger partial charge is 0.497 e. The van der Waals surface area contributed by atoms with Crippen molar-refractivity contribution >= 4 is 15.7 Å². The molecule has 2 heterocycles. The zero-order chi connectivity index (χ0) is 40.7. The van der Waals surface area contributed by atoms with E-state index in [-0.39, 0.29) is 56.0 Å². The Morgan fingerprint density at radius 3 is 1.79 bits per heavy atom. The Balaban J connectivity index is 1.56. The molecule has 57 heavy (non-hydrogen) atoms. The van der Waals surface area contributed by atoms with E-state index in [4.69, 9.17) is 25.7 Å². The molecule has 0 unspecified atom stereocenters. The molecule has 0 atom stereocenters. The molecule has 0 aliphatic carbocycles. The Morgan fingerprint density at radius 2 is 1.30 bits per heavy atom. The predicted molar refractivity (Wildman–Crippen MR) is 207 cm³/mol. The smallest absolute Gasteiger partial charge is 0.417 e. The number of methoxy groups -OCH3 is 3. The fraction of sp³-hybridized carbons (Fsp3) is 0.250. The van der Waals surface area contributed by atoms with Gasteiger partial charge in [0, 0.05) is 31.4 Å². The molecule has 0 saturated heterocycles. The van der Waals surface area contributed by atoms with E-state index in [1.54, 1.807) is 85.1 Å². The van der Waals surface area contributed by atoms with Crippen molar-refractivity contribution in [2.75, 3.05) is 27.1 Å². The van der Waals surface area contributed by atoms with Gasteiger partial charge in [0.05, 0.1) is 44.8 Å². The molecule has 0 aliphatic rings. The van der Waals surface area contributed by atoms with Crippen LogP contribution in [0.3, 0.4) is 0 Å². The first kappa shape index (κ1) is 40.6. The van der Waals surface area contributed by atoms with E-state index in [1.165, 1.54) is 32.1 Å². The summed E-state index contributed by atoms with van der Waals surface area (Å²) in [5, 5.41) is 12.1. The van der Waals surface area contributed by atoms with Crippen LogP contribution in [0.5, 0.6) is 17.2 Å². The van der Waals surface area contributed by atoms with Gasteiger partial charge in [-0.15, -0.1) is 5.10 Å². The quantitative estimate of drug-likeness (QED) is 0.117. The molecule has 0 aliphatic heterocycles. The number of rotatable bonds is 16. The van der Waals surface area contributed by atoms with Crippen LogP contribution in [0.1, 0.15) is 39.1 Å². The maximum atomic E-state index is 15.3. The molecule has 4 N–H and O–H groups in total. The van der Waals surface area contributed by atoms with E-state index in [0.29, 0.717) is 50.9 Å². The van der Waals surface area contributed by atoms with Crippen molar-refractivity contribution in [1.82, 2.24) is 29.5 Å². The van der Waals surface area contributed by atoms with E-state index >= 15 is 21.6 Å². The van der Waals surface area contributed by atoms with Gasteiger partial charge in [-0.25, -0.2) is 13.1 Å². The standard InChI is InChI=1S/C40H41F3N8O5S/c1-54-31-13-5-26(6-14-31)23-50(24-27-7-15-32(55-2)16-8-27)57(52,53)38-34(40(41,42)43)19-12-30(11-4-29-20-35(45)36(21-44)46-22-29)37(38)39-47-48-49-51(39)25-28-9-17-33(56-3)18-10-28/h5-10,12-20,22H,4,11,21,23-25,44-45H2,1-3H3. The lowest BCUT2D eigenvalue weighted by molar-refractivity contribution is -0.139. The number of nitrogen functional groups attached to an aromatic ring is 1. The first-order valence-corrected chi connectivity index (χ1v) is 19.1. The summed E-state index contributed by atoms with van der Waals surface area (Å²) in [6.07, 6.45) is -3.21. The minimum atomic E-state index is -5.10. The van der Waals surface area contributed by atoms with Crippen LogP contribution in [0, 0.1) is 0 Å². The Kier molecular flexibility index (Phi) is 12.4. The van der Waals surface area contributed by atoms with E-state index in [1.807, 2.05) is 0 Å². The van der Waals surface area contributed by atoms with Crippen LogP contribution in [0.2, 0.25) is 0 Å². The van der Waals surface area contributed by atoms with Gasteiger partial charge in [-0.2, -0.15) is 17.5 Å². The molecule has 0 spiro atoms. The maximum Gasteiger partial charge on any atom is 0.417 e. The first-order chi connectivity index (χ1) is 27.3. The monoisotopic (exact) mass is 802 g/mol. The van der Waals surface area contributed by atoms with Gasteiger partial charge in [-0.3, -0.25) is 4.98 Å². The third-order valence-electron chi connectivity index (χ3n) is 9.37. The SMILES string of the molecule is COc1ccc(CN(Cc2ccc(OC)cc2)S(=O)(=O)c2c(C(F)(F)F)ccc(CCc3cnc(CN)c(N)c3)c2-c2nnnn2Cc2ccc(OC)cc2)cc1. The van der Waals surface area contributed by atoms with Gasteiger partial charge in [0.15, 0.2) is 5.82 Å². The highest BCUT2D eigenvalue weighted by Gasteiger charge is 2.43. The van der Waals surface area contributed by atoms with Gasteiger partial charge in [-0.1, -0.05) is 42.5 Å². The second-order valence-corrected chi connectivity index (χ2v) is 14.9. The lowest BCUT2D eigenvalue weighted by Gasteiger charge is -2.27. The zero-order valence-corrected chi connectivity index (χ0v) is 32.2. The highest BCUT2D eigenvalue weighted by atomic mass is 32.2. The van der Waals surface area contributed by atoms with Crippen LogP contribution in [0.4, 0.5) is 18.9 Å². The molecular formula is C40H41F3N8O5S. The number of anilines is 1. The summed E-state index contributed by atoms with van der Waals surface area (Å²) in [6, 6.07) is 23.9. The van der Waals surface area contributed by atoms with E-state index < -0.39 is 26.7 Å². The normalized spacial score (nSPS) is 11.9. The van der Waals surface area contributed by atoms with Gasteiger partial charge in [0.25, 0.3) is 0 Å². The van der Waals surface area contributed by atoms with Gasteiger partial charge in [-0.05, 0) is 99.6 Å². The number of hydrogen-bond donors (Lipinski definition) is 2. The third kappa shape index (κ3) is 9.33. The average molecular weight is 803 g/mol. The summed E-state index contributed by atoms with van der Waals surface area (Å²) >= 11 is 0. The van der Waals surface area contributed by atoms with Crippen LogP contribution in [0.15, 0.2) is 102 Å². The van der Waals surface area contributed by atoms with Crippen molar-refractivity contribution in [2.24, 2.45) is 5.73 Å². The van der Waals surface area contributed by atoms with Crippen LogP contribution in [-0.4, -0.2) is 59.2 Å². The molecule has 17 heteroatoms. The number of sulfonamides is 1. The predicted octanol–water partition coefficient (Wildman–Crippen LogP) is 6.05. The van der Waals surface area contributed by atoms with Crippen molar-refractivity contribution in [2.45, 2.75) is 50.1 Å². The van der Waals surface area contributed by atoms with Crippen molar-refractivity contribution in [3.8, 4) is 28.6 Å². The van der Waals surface area contributed by atoms with Crippen LogP contribution in [-0.2, 0) is 55.2 Å². The molecule has 0 fully saturated rings. The van der Waals surface area contributed by atoms with Crippen LogP contribution < -0.4 is 25.7 Å². The lowest BCUT2D eigenvalue weighted by Crippen LogP contribution is -2.33. The molecule has 0 radical (unpaired) electrons. The summed E-state index contributed by atoms with van der Waals surface area (Å²) in [4.78, 5) is 3.34. The third-order valence-corrected chi connectivity index (χ3v) is 11.2. The second-order valence-electron chi connectivity index (χ2n) is 13.0. The van der Waals surface area contributed by atoms with Crippen molar-refractivity contribution in [3.05, 3.63) is 136 Å². The summed E-state index contributed by atoms with van der Waals surface area (Å²) in [7, 11) is -0.534. The van der Waals surface area contributed by atoms with Crippen LogP contribution in [0.25, 0.3) is 11.4 Å². The highest BCUT2D eigenvalue weighted by Crippen LogP contribution is 2.43. The fourth-order valence-electron chi connectivity index (χ4n) is 6.33. The molecule has 0 amide bonds. The van der Waals surface area contributed by atoms with Gasteiger partial charge < -0.3 is 25.7 Å². The van der Waals surface area contributed by atoms with Gasteiger partial charge in [0.2, 0.25) is 10.0 Å². The Morgan fingerprint density at radius 1 is 0.754 bits per heavy atom. The molecule has 2 aromatic heterocycles. The Bertz CT molecular complexity index is 2360. The second kappa shape index (κ2) is 17.4. The number of hydrogen-bond acceptors (Lipinski definition) is 11. The minimum Gasteiger partial charge on any atom is -0.497 e. The van der Waals surface area contributed by atoms with E-state index in [2.05, 4.69) is 20.5 Å². The molecule has 4 aromatic carbocycles. The van der Waals surface area contributed by atoms with Gasteiger partial charge in [0.1, 0.15) is 22.1 Å². The number of pyridine rings is 1. The van der Waals surface area contributed by atoms with Gasteiger partial charge >= 0.3 is 6.18 Å². The van der Waals surface area contributed by atoms with E-state index in [0.717, 1.165) is 10.4 Å². The summed E-state index contributed by atoms with van der Waals surface area (Å²) in [5.74, 6) is 1.47. The Labute approximate surface area is 328 Å². The maximum absolute atomic E-state index is 15.3. The molecule has 6 rings (SSSR count). The number of aromatic nitrogens is 5. The lowest BCUT2D eigenvalue weighted by atomic mass is 9.97. The number of nitrogens with two attached hydrogens (primary N) is 2. The molecule has 0 saturated carbocycles. The zero-order valence-electron chi connectivity index (χ0n) is 31.4. The average Bonchev–Trinajstić information content (AvgIpc) is 3.67. The molecule has 6 aromatic rings. The fourth-order valence-corrected chi connectivity index (χ4v) is 8.17. The first-order valence-electron chi connectivity index (χ1n) is 17.7. The molecule has 298 valence electrons. The van der Waals surface area contributed by atoms with Crippen molar-refractivity contribution < 1.29 is 35.8 Å². The highest BCUT2D eigenvalue weighted by molar-refractivity contribution is 7.89. The van der Waals surface area contributed by atoms with Crippen molar-refractivity contribution in [1.29, 1.82) is 0 Å².